The van der Waals surface area contributed by atoms with Gasteiger partial charge in [0.15, 0.2) is 8.32 Å². The van der Waals surface area contributed by atoms with Gasteiger partial charge in [-0.25, -0.2) is 5.06 Å². The first-order valence-electron chi connectivity index (χ1n) is 6.66. The molecule has 5 heteroatoms. The van der Waals surface area contributed by atoms with Crippen molar-refractivity contribution in [3.8, 4) is 0 Å². The quantitative estimate of drug-likeness (QED) is 0.427. The van der Waals surface area contributed by atoms with Crippen LogP contribution in [0.5, 0.6) is 0 Å². The topological polar surface area (TPSA) is 38.8 Å². The van der Waals surface area contributed by atoms with E-state index < -0.39 is 8.32 Å². The zero-order valence-corrected chi connectivity index (χ0v) is 14.6. The van der Waals surface area contributed by atoms with Crippen LogP contribution in [0.2, 0.25) is 18.1 Å². The van der Waals surface area contributed by atoms with Crippen LogP contribution in [0.15, 0.2) is 12.2 Å². The van der Waals surface area contributed by atoms with E-state index in [0.29, 0.717) is 6.42 Å². The minimum atomic E-state index is -1.88. The van der Waals surface area contributed by atoms with Crippen LogP contribution in [-0.2, 0) is 14.1 Å². The Hall–Kier alpha value is -0.653. The van der Waals surface area contributed by atoms with Gasteiger partial charge in [-0.1, -0.05) is 32.9 Å². The fourth-order valence-corrected chi connectivity index (χ4v) is 2.59. The van der Waals surface area contributed by atoms with Gasteiger partial charge in [-0.3, -0.25) is 9.63 Å². The number of hydrogen-bond donors (Lipinski definition) is 0. The molecule has 0 aromatic carbocycles. The highest BCUT2D eigenvalue weighted by molar-refractivity contribution is 6.74. The molecule has 0 aliphatic carbocycles. The van der Waals surface area contributed by atoms with Gasteiger partial charge >= 0.3 is 0 Å². The molecular formula is C14H29NO3Si. The summed E-state index contributed by atoms with van der Waals surface area (Å²) in [7, 11) is 1.22. The van der Waals surface area contributed by atoms with E-state index in [-0.39, 0.29) is 17.0 Å². The lowest BCUT2D eigenvalue weighted by molar-refractivity contribution is -0.169. The molecule has 19 heavy (non-hydrogen) atoms. The number of nitrogens with zero attached hydrogens (tertiary/aromatic N) is 1. The van der Waals surface area contributed by atoms with Crippen molar-refractivity contribution in [2.75, 3.05) is 14.2 Å². The number of hydroxylamine groups is 2. The number of amides is 1. The van der Waals surface area contributed by atoms with Crippen LogP contribution in [0.3, 0.4) is 0 Å². The highest BCUT2D eigenvalue weighted by atomic mass is 28.4. The van der Waals surface area contributed by atoms with Crippen LogP contribution in [0.1, 0.15) is 34.1 Å². The predicted octanol–water partition coefficient (Wildman–Crippen LogP) is 3.36. The van der Waals surface area contributed by atoms with E-state index in [2.05, 4.69) is 33.9 Å². The van der Waals surface area contributed by atoms with Crippen molar-refractivity contribution < 1.29 is 14.1 Å². The van der Waals surface area contributed by atoms with Crippen LogP contribution in [-0.4, -0.2) is 39.5 Å². The van der Waals surface area contributed by atoms with Gasteiger partial charge in [-0.15, -0.1) is 0 Å². The van der Waals surface area contributed by atoms with Gasteiger partial charge in [0.25, 0.3) is 0 Å². The third-order valence-electron chi connectivity index (χ3n) is 3.66. The molecule has 0 radical (unpaired) electrons. The van der Waals surface area contributed by atoms with E-state index in [1.165, 1.54) is 12.2 Å². The van der Waals surface area contributed by atoms with Gasteiger partial charge in [-0.05, 0) is 25.1 Å². The van der Waals surface area contributed by atoms with Crippen LogP contribution in [0, 0.1) is 0 Å². The molecule has 112 valence electrons. The second-order valence-electron chi connectivity index (χ2n) is 6.22. The zero-order chi connectivity index (χ0) is 15.3. The Balaban J connectivity index is 4.81. The molecule has 1 atom stereocenters. The first-order valence-corrected chi connectivity index (χ1v) is 9.57. The van der Waals surface area contributed by atoms with E-state index in [4.69, 9.17) is 9.26 Å². The molecule has 1 amide bonds. The second-order valence-corrected chi connectivity index (χ2v) is 11.0. The summed E-state index contributed by atoms with van der Waals surface area (Å²) in [5, 5.41) is 1.37. The molecule has 4 nitrogen and oxygen atoms in total. The summed E-state index contributed by atoms with van der Waals surface area (Å²) >= 11 is 0. The molecule has 0 fully saturated rings. The minimum absolute atomic E-state index is 0.0793. The number of carbonyl (C=O) groups excluding carboxylic acids is 1. The highest BCUT2D eigenvalue weighted by Crippen LogP contribution is 2.37. The fourth-order valence-electron chi connectivity index (χ4n) is 1.32. The fraction of sp³-hybridized carbons (Fsp3) is 0.786. The van der Waals surface area contributed by atoms with Crippen molar-refractivity contribution in [2.24, 2.45) is 0 Å². The van der Waals surface area contributed by atoms with Crippen LogP contribution in [0.4, 0.5) is 0 Å². The van der Waals surface area contributed by atoms with Crippen molar-refractivity contribution in [3.05, 3.63) is 12.2 Å². The van der Waals surface area contributed by atoms with Crippen molar-refractivity contribution >= 4 is 14.2 Å². The number of rotatable bonds is 6. The molecule has 0 N–H and O–H groups in total. The summed E-state index contributed by atoms with van der Waals surface area (Å²) < 4.78 is 6.26. The number of carbonyl (C=O) groups is 1. The van der Waals surface area contributed by atoms with Gasteiger partial charge in [-0.2, -0.15) is 0 Å². The monoisotopic (exact) mass is 287 g/mol. The number of allylic oxidation sites excluding steroid dienone is 1. The predicted molar refractivity (Wildman–Crippen MR) is 81.3 cm³/mol. The Kier molecular flexibility index (Phi) is 6.97. The van der Waals surface area contributed by atoms with E-state index in [0.717, 1.165) is 0 Å². The average Bonchev–Trinajstić information content (AvgIpc) is 2.26. The zero-order valence-electron chi connectivity index (χ0n) is 13.6. The highest BCUT2D eigenvalue weighted by Gasteiger charge is 2.39. The van der Waals surface area contributed by atoms with Crippen molar-refractivity contribution in [2.45, 2.75) is 58.4 Å². The lowest BCUT2D eigenvalue weighted by atomic mass is 10.2. The van der Waals surface area contributed by atoms with E-state index in [1.54, 1.807) is 7.05 Å². The van der Waals surface area contributed by atoms with Gasteiger partial charge in [0.1, 0.15) is 0 Å². The lowest BCUT2D eigenvalue weighted by Gasteiger charge is -2.38. The van der Waals surface area contributed by atoms with Gasteiger partial charge in [0.05, 0.1) is 19.6 Å². The first-order chi connectivity index (χ1) is 8.55. The van der Waals surface area contributed by atoms with E-state index >= 15 is 0 Å². The molecule has 0 saturated carbocycles. The molecule has 0 spiro atoms. The summed E-state index contributed by atoms with van der Waals surface area (Å²) in [6.07, 6.45) is 4.00. The van der Waals surface area contributed by atoms with Crippen LogP contribution < -0.4 is 0 Å². The molecule has 0 aliphatic rings. The molecule has 0 aromatic rings. The molecule has 0 heterocycles. The minimum Gasteiger partial charge on any atom is -0.410 e. The number of hydrogen-bond acceptors (Lipinski definition) is 3. The standard InChI is InChI=1S/C14H29NO3Si/c1-9-10-12(11-13(16)15(5)17-6)18-19(7,8)14(2,3)4/h9-10,12H,11H2,1-8H3/b10-9+/t12-/m0/s1. The molecule has 0 saturated heterocycles. The smallest absolute Gasteiger partial charge is 0.248 e. The Morgan fingerprint density at radius 3 is 2.26 bits per heavy atom. The molecule has 0 aliphatic heterocycles. The molecular weight excluding hydrogens is 258 g/mol. The van der Waals surface area contributed by atoms with Crippen molar-refractivity contribution in [1.29, 1.82) is 0 Å². The van der Waals surface area contributed by atoms with Gasteiger partial charge in [0.2, 0.25) is 5.91 Å². The maximum Gasteiger partial charge on any atom is 0.248 e. The Bertz CT molecular complexity index is 321. The summed E-state index contributed by atoms with van der Waals surface area (Å²) in [4.78, 5) is 16.8. The van der Waals surface area contributed by atoms with Gasteiger partial charge < -0.3 is 4.43 Å². The third-order valence-corrected chi connectivity index (χ3v) is 8.16. The third kappa shape index (κ3) is 5.89. The molecule has 0 unspecified atom stereocenters. The van der Waals surface area contributed by atoms with Crippen molar-refractivity contribution in [3.63, 3.8) is 0 Å². The maximum atomic E-state index is 11.9. The van der Waals surface area contributed by atoms with Gasteiger partial charge in [0, 0.05) is 7.05 Å². The summed E-state index contributed by atoms with van der Waals surface area (Å²) in [5.41, 5.74) is 0. The first kappa shape index (κ1) is 18.3. The summed E-state index contributed by atoms with van der Waals surface area (Å²) in [6, 6.07) is 0. The summed E-state index contributed by atoms with van der Waals surface area (Å²) in [6.45, 7) is 12.9. The Morgan fingerprint density at radius 2 is 1.89 bits per heavy atom. The largest absolute Gasteiger partial charge is 0.410 e. The Labute approximate surface area is 118 Å². The van der Waals surface area contributed by atoms with E-state index in [1.807, 2.05) is 19.1 Å². The van der Waals surface area contributed by atoms with Crippen molar-refractivity contribution in [1.82, 2.24) is 5.06 Å². The lowest BCUT2D eigenvalue weighted by Crippen LogP contribution is -2.44. The molecule has 0 rings (SSSR count). The van der Waals surface area contributed by atoms with E-state index in [9.17, 15) is 4.79 Å². The summed E-state index contributed by atoms with van der Waals surface area (Å²) in [5.74, 6) is -0.0793. The second kappa shape index (κ2) is 7.22. The maximum absolute atomic E-state index is 11.9. The Morgan fingerprint density at radius 1 is 1.37 bits per heavy atom. The normalized spacial score (nSPS) is 14.7. The molecule has 0 bridgehead atoms. The van der Waals surface area contributed by atoms with Crippen LogP contribution >= 0.6 is 0 Å². The molecule has 0 aromatic heterocycles. The van der Waals surface area contributed by atoms with Crippen LogP contribution in [0.25, 0.3) is 0 Å². The SMILES string of the molecule is C/C=C/[C@@H](CC(=O)N(C)OC)O[Si](C)(C)C(C)(C)C. The average molecular weight is 287 g/mol.